The third-order valence-corrected chi connectivity index (χ3v) is 8.79. The van der Waals surface area contributed by atoms with Crippen LogP contribution in [0.3, 0.4) is 0 Å². The molecular weight excluding hydrogens is 512 g/mol. The Hall–Kier alpha value is -3.40. The van der Waals surface area contributed by atoms with Gasteiger partial charge in [0.05, 0.1) is 6.57 Å². The van der Waals surface area contributed by atoms with Crippen molar-refractivity contribution in [3.63, 3.8) is 0 Å². The van der Waals surface area contributed by atoms with Gasteiger partial charge in [0.15, 0.2) is 5.82 Å². The minimum atomic E-state index is -0.571. The highest BCUT2D eigenvalue weighted by Gasteiger charge is 2.48. The van der Waals surface area contributed by atoms with Gasteiger partial charge in [-0.25, -0.2) is 18.7 Å². The van der Waals surface area contributed by atoms with Gasteiger partial charge in [-0.05, 0) is 40.6 Å². The number of nitrogens with zero attached hydrogens (tertiary/aromatic N) is 4. The number of fused-ring (bicyclic) bond motifs is 1. The van der Waals surface area contributed by atoms with Gasteiger partial charge in [-0.15, -0.1) is 5.10 Å². The van der Waals surface area contributed by atoms with E-state index in [9.17, 15) is 9.59 Å². The maximum Gasteiger partial charge on any atom is 0.331 e. The van der Waals surface area contributed by atoms with Gasteiger partial charge in [0, 0.05) is 30.5 Å². The molecule has 2 aromatic heterocycles. The third kappa shape index (κ3) is 5.84. The second-order valence-corrected chi connectivity index (χ2v) is 15.2. The molecular formula is C34H46N4O3. The normalized spacial score (nSPS) is 22.0. The summed E-state index contributed by atoms with van der Waals surface area (Å²) in [6.45, 7) is 31.2. The number of hydrogen-bond donors (Lipinski definition) is 0. The first kappa shape index (κ1) is 30.6. The summed E-state index contributed by atoms with van der Waals surface area (Å²) in [7, 11) is 0. The van der Waals surface area contributed by atoms with E-state index in [1.807, 2.05) is 24.3 Å². The summed E-state index contributed by atoms with van der Waals surface area (Å²) in [6.07, 6.45) is 3.14. The lowest BCUT2D eigenvalue weighted by atomic mass is 9.59. The topological polar surface area (TPSA) is 70.0 Å². The van der Waals surface area contributed by atoms with Crippen LogP contribution in [0.1, 0.15) is 110 Å². The van der Waals surface area contributed by atoms with E-state index in [0.29, 0.717) is 11.7 Å². The monoisotopic (exact) mass is 558 g/mol. The van der Waals surface area contributed by atoms with Crippen LogP contribution in [0.25, 0.3) is 21.9 Å². The van der Waals surface area contributed by atoms with Gasteiger partial charge in [0.25, 0.3) is 0 Å². The van der Waals surface area contributed by atoms with Crippen LogP contribution in [0.15, 0.2) is 30.5 Å². The second kappa shape index (κ2) is 10.5. The number of carbonyl (C=O) groups excluding carboxylic acids is 2. The summed E-state index contributed by atoms with van der Waals surface area (Å²) in [5.74, 6) is 0.387. The van der Waals surface area contributed by atoms with Crippen molar-refractivity contribution >= 4 is 23.2 Å². The second-order valence-electron chi connectivity index (χ2n) is 15.2. The SMILES string of the molecule is [C-]#[N+]c1cn2nc(-c3ccc(C(C)(C)C)cc3)n(C(C)=O)c2c1C(=O)OC1C(C(C)(C)C)CC(C)CC1C(C)(C)C. The molecule has 3 aromatic rings. The average Bonchev–Trinajstić information content (AvgIpc) is 3.38. The maximum atomic E-state index is 14.1. The predicted molar refractivity (Wildman–Crippen MR) is 163 cm³/mol. The molecule has 0 bridgehead atoms. The zero-order chi connectivity index (χ0) is 30.7. The smallest absolute Gasteiger partial charge is 0.331 e. The highest BCUT2D eigenvalue weighted by atomic mass is 16.5. The minimum Gasteiger partial charge on any atom is -0.459 e. The van der Waals surface area contributed by atoms with Crippen LogP contribution in [0.5, 0.6) is 0 Å². The Kier molecular flexibility index (Phi) is 7.79. The first-order chi connectivity index (χ1) is 18.8. The van der Waals surface area contributed by atoms with E-state index in [4.69, 9.17) is 11.3 Å². The van der Waals surface area contributed by atoms with Crippen LogP contribution >= 0.6 is 0 Å². The number of esters is 1. The third-order valence-electron chi connectivity index (χ3n) is 8.79. The van der Waals surface area contributed by atoms with Crippen LogP contribution in [-0.4, -0.2) is 32.2 Å². The quantitative estimate of drug-likeness (QED) is 0.238. The van der Waals surface area contributed by atoms with Crippen molar-refractivity contribution < 1.29 is 14.3 Å². The van der Waals surface area contributed by atoms with Gasteiger partial charge >= 0.3 is 5.97 Å². The first-order valence-corrected chi connectivity index (χ1v) is 14.7. The molecule has 0 spiro atoms. The van der Waals surface area contributed by atoms with Crippen molar-refractivity contribution in [2.75, 3.05) is 0 Å². The fourth-order valence-corrected chi connectivity index (χ4v) is 6.44. The van der Waals surface area contributed by atoms with E-state index in [1.165, 1.54) is 22.2 Å². The summed E-state index contributed by atoms with van der Waals surface area (Å²) in [6, 6.07) is 7.96. The minimum absolute atomic E-state index is 0.0181. The summed E-state index contributed by atoms with van der Waals surface area (Å²) < 4.78 is 9.38. The van der Waals surface area contributed by atoms with Crippen molar-refractivity contribution in [3.05, 3.63) is 53.0 Å². The zero-order valence-corrected chi connectivity index (χ0v) is 26.6. The molecule has 0 aliphatic heterocycles. The van der Waals surface area contributed by atoms with Gasteiger partial charge in [0.2, 0.25) is 11.6 Å². The standard InChI is InChI=1S/C34H46N4O3/c1-20-17-24(33(6,7)8)28(25(18-20)34(9,10)11)41-31(40)27-26(35-12)19-37-30(27)38(21(2)39)29(36-37)22-13-15-23(16-14-22)32(3,4)5/h13-16,19-20,24-25,28H,17-18H2,1-11H3. The number of rotatable bonds is 3. The fraction of sp³-hybridized carbons (Fsp3) is 0.588. The summed E-state index contributed by atoms with van der Waals surface area (Å²) >= 11 is 0. The fourth-order valence-electron chi connectivity index (χ4n) is 6.44. The Labute approximate surface area is 245 Å². The molecule has 1 fully saturated rings. The first-order valence-electron chi connectivity index (χ1n) is 14.7. The van der Waals surface area contributed by atoms with E-state index in [2.05, 4.69) is 79.2 Å². The molecule has 41 heavy (non-hydrogen) atoms. The van der Waals surface area contributed by atoms with Gasteiger partial charge in [-0.3, -0.25) is 4.79 Å². The Morgan fingerprint density at radius 1 is 0.951 bits per heavy atom. The highest BCUT2D eigenvalue weighted by Crippen LogP contribution is 2.50. The Bertz CT molecular complexity index is 1470. The maximum absolute atomic E-state index is 14.1. The molecule has 1 saturated carbocycles. The molecule has 7 nitrogen and oxygen atoms in total. The molecule has 0 radical (unpaired) electrons. The molecule has 1 aromatic carbocycles. The lowest BCUT2D eigenvalue weighted by Crippen LogP contribution is -2.49. The Morgan fingerprint density at radius 3 is 1.93 bits per heavy atom. The van der Waals surface area contributed by atoms with E-state index < -0.39 is 5.97 Å². The number of benzene rings is 1. The van der Waals surface area contributed by atoms with Crippen molar-refractivity contribution in [1.82, 2.24) is 14.2 Å². The highest BCUT2D eigenvalue weighted by molar-refractivity contribution is 6.05. The largest absolute Gasteiger partial charge is 0.459 e. The van der Waals surface area contributed by atoms with Crippen LogP contribution < -0.4 is 0 Å². The number of ether oxygens (including phenoxy) is 1. The van der Waals surface area contributed by atoms with E-state index in [0.717, 1.165) is 24.0 Å². The van der Waals surface area contributed by atoms with E-state index in [-0.39, 0.29) is 57.0 Å². The molecule has 2 atom stereocenters. The van der Waals surface area contributed by atoms with Gasteiger partial charge in [0.1, 0.15) is 17.3 Å². The lowest BCUT2D eigenvalue weighted by Gasteiger charge is -2.50. The van der Waals surface area contributed by atoms with Crippen LogP contribution in [0, 0.1) is 35.2 Å². The van der Waals surface area contributed by atoms with Crippen molar-refractivity contribution in [2.24, 2.45) is 28.6 Å². The molecule has 0 amide bonds. The lowest BCUT2D eigenvalue weighted by molar-refractivity contribution is -0.0922. The number of aromatic nitrogens is 3. The van der Waals surface area contributed by atoms with Crippen molar-refractivity contribution in [3.8, 4) is 11.4 Å². The molecule has 2 unspecified atom stereocenters. The number of carbonyl (C=O) groups is 2. The molecule has 1 aliphatic rings. The van der Waals surface area contributed by atoms with Crippen molar-refractivity contribution in [2.45, 2.75) is 101 Å². The van der Waals surface area contributed by atoms with Gasteiger partial charge in [-0.2, -0.15) is 0 Å². The number of hydrogen-bond acceptors (Lipinski definition) is 4. The van der Waals surface area contributed by atoms with Gasteiger partial charge in [-0.1, -0.05) is 93.5 Å². The average molecular weight is 559 g/mol. The van der Waals surface area contributed by atoms with Crippen LogP contribution in [0.4, 0.5) is 5.69 Å². The molecule has 0 saturated heterocycles. The zero-order valence-electron chi connectivity index (χ0n) is 26.6. The van der Waals surface area contributed by atoms with Crippen molar-refractivity contribution in [1.29, 1.82) is 0 Å². The molecule has 4 rings (SSSR count). The summed E-state index contributed by atoms with van der Waals surface area (Å²) in [5, 5.41) is 4.68. The molecule has 220 valence electrons. The van der Waals surface area contributed by atoms with Crippen LogP contribution in [0.2, 0.25) is 0 Å². The Morgan fingerprint density at radius 2 is 1.49 bits per heavy atom. The van der Waals surface area contributed by atoms with E-state index >= 15 is 0 Å². The Balaban J connectivity index is 1.84. The molecule has 0 N–H and O–H groups in total. The van der Waals surface area contributed by atoms with E-state index in [1.54, 1.807) is 0 Å². The predicted octanol–water partition coefficient (Wildman–Crippen LogP) is 8.59. The van der Waals surface area contributed by atoms with Gasteiger partial charge < -0.3 is 4.74 Å². The molecule has 7 heteroatoms. The summed E-state index contributed by atoms with van der Waals surface area (Å²) in [4.78, 5) is 30.9. The molecule has 2 heterocycles. The molecule has 1 aliphatic carbocycles. The summed E-state index contributed by atoms with van der Waals surface area (Å²) in [5.41, 5.74) is 2.25. The van der Waals surface area contributed by atoms with Crippen LogP contribution in [-0.2, 0) is 10.2 Å².